The molecule has 0 radical (unpaired) electrons. The molecule has 0 spiro atoms. The van der Waals surface area contributed by atoms with Gasteiger partial charge in [-0.3, -0.25) is 14.6 Å². The number of fused-ring (bicyclic) bond motifs is 2. The Kier molecular flexibility index (Phi) is 6.07. The number of nitrogens with one attached hydrogen (secondary N) is 1. The van der Waals surface area contributed by atoms with Crippen LogP contribution >= 0.6 is 0 Å². The molecule has 0 bridgehead atoms. The molecule has 1 aromatic heterocycles. The second-order valence-electron chi connectivity index (χ2n) is 8.53. The number of aryl methyl sites for hydroxylation is 1. The second kappa shape index (κ2) is 9.32. The summed E-state index contributed by atoms with van der Waals surface area (Å²) in [6, 6.07) is 8.87. The van der Waals surface area contributed by atoms with E-state index in [1.807, 2.05) is 6.92 Å². The summed E-state index contributed by atoms with van der Waals surface area (Å²) in [7, 11) is 0. The first-order valence-corrected chi connectivity index (χ1v) is 11.3. The van der Waals surface area contributed by atoms with Crippen molar-refractivity contribution < 1.29 is 27.8 Å². The number of ether oxygens (including phenoxy) is 2. The van der Waals surface area contributed by atoms with Gasteiger partial charge < -0.3 is 19.7 Å². The van der Waals surface area contributed by atoms with Crippen molar-refractivity contribution >= 4 is 11.8 Å². The predicted molar refractivity (Wildman–Crippen MR) is 122 cm³/mol. The van der Waals surface area contributed by atoms with E-state index < -0.39 is 11.6 Å². The highest BCUT2D eigenvalue weighted by Gasteiger charge is 2.25. The van der Waals surface area contributed by atoms with Crippen molar-refractivity contribution in [1.82, 2.24) is 15.2 Å². The summed E-state index contributed by atoms with van der Waals surface area (Å²) in [6.07, 6.45) is 2.10. The van der Waals surface area contributed by atoms with Crippen LogP contribution in [0.15, 0.2) is 42.6 Å². The van der Waals surface area contributed by atoms with Gasteiger partial charge in [-0.2, -0.15) is 0 Å². The monoisotopic (exact) mass is 479 g/mol. The van der Waals surface area contributed by atoms with Crippen molar-refractivity contribution in [3.63, 3.8) is 0 Å². The van der Waals surface area contributed by atoms with Gasteiger partial charge in [0.2, 0.25) is 12.7 Å². The summed E-state index contributed by atoms with van der Waals surface area (Å²) in [5, 5.41) is 2.94. The number of carbonyl (C=O) groups excluding carboxylic acids is 2. The minimum atomic E-state index is -0.990. The summed E-state index contributed by atoms with van der Waals surface area (Å²) < 4.78 is 38.1. The number of hydrogen-bond donors (Lipinski definition) is 1. The zero-order valence-corrected chi connectivity index (χ0v) is 19.1. The molecule has 35 heavy (non-hydrogen) atoms. The van der Waals surface area contributed by atoms with Crippen LogP contribution in [0.2, 0.25) is 0 Å². The fraction of sp³-hybridized carbons (Fsp3) is 0.269. The number of rotatable bonds is 5. The summed E-state index contributed by atoms with van der Waals surface area (Å²) >= 11 is 0. The van der Waals surface area contributed by atoms with E-state index in [0.29, 0.717) is 36.6 Å². The van der Waals surface area contributed by atoms with Crippen LogP contribution in [0.3, 0.4) is 0 Å². The van der Waals surface area contributed by atoms with Gasteiger partial charge in [0.15, 0.2) is 23.1 Å². The van der Waals surface area contributed by atoms with Crippen LogP contribution in [0.5, 0.6) is 11.5 Å². The summed E-state index contributed by atoms with van der Waals surface area (Å²) in [6.45, 7) is 3.07. The van der Waals surface area contributed by atoms with Crippen molar-refractivity contribution in [3.8, 4) is 11.5 Å². The van der Waals surface area contributed by atoms with Gasteiger partial charge in [0, 0.05) is 42.7 Å². The predicted octanol–water partition coefficient (Wildman–Crippen LogP) is 3.45. The number of nitrogens with zero attached hydrogens (tertiary/aromatic N) is 2. The van der Waals surface area contributed by atoms with E-state index in [1.165, 1.54) is 12.1 Å². The van der Waals surface area contributed by atoms with Crippen molar-refractivity contribution in [2.45, 2.75) is 32.9 Å². The smallest absolute Gasteiger partial charge is 0.251 e. The van der Waals surface area contributed by atoms with Gasteiger partial charge in [-0.05, 0) is 54.3 Å². The Morgan fingerprint density at radius 1 is 1.14 bits per heavy atom. The Balaban J connectivity index is 1.27. The van der Waals surface area contributed by atoms with Gasteiger partial charge in [-0.15, -0.1) is 0 Å². The SMILES string of the molecule is Cc1ncc2c(c1CNC(=O)c1ccc3c(c1)OCO3)CCN(C(=O)Cc1cccc(F)c1F)C2. The highest BCUT2D eigenvalue weighted by Crippen LogP contribution is 2.32. The quantitative estimate of drug-likeness (QED) is 0.606. The first kappa shape index (κ1) is 22.8. The normalized spacial score (nSPS) is 14.0. The lowest BCUT2D eigenvalue weighted by atomic mass is 9.94. The molecule has 9 heteroatoms. The summed E-state index contributed by atoms with van der Waals surface area (Å²) in [5.74, 6) is -1.33. The van der Waals surface area contributed by atoms with E-state index in [-0.39, 0.29) is 37.1 Å². The molecule has 0 saturated heterocycles. The minimum absolute atomic E-state index is 0.0368. The van der Waals surface area contributed by atoms with E-state index in [1.54, 1.807) is 29.3 Å². The molecule has 3 aromatic rings. The van der Waals surface area contributed by atoms with Crippen LogP contribution in [-0.2, 0) is 30.7 Å². The Labute approximate surface area is 200 Å². The molecule has 2 aliphatic heterocycles. The van der Waals surface area contributed by atoms with E-state index in [0.717, 1.165) is 28.5 Å². The highest BCUT2D eigenvalue weighted by atomic mass is 19.2. The molecule has 2 aliphatic rings. The van der Waals surface area contributed by atoms with Gasteiger partial charge in [-0.1, -0.05) is 12.1 Å². The first-order chi connectivity index (χ1) is 16.9. The van der Waals surface area contributed by atoms with Crippen molar-refractivity contribution in [2.75, 3.05) is 13.3 Å². The molecule has 0 fully saturated rings. The second-order valence-corrected chi connectivity index (χ2v) is 8.53. The molecule has 180 valence electrons. The molecule has 2 aromatic carbocycles. The molecule has 7 nitrogen and oxygen atoms in total. The van der Waals surface area contributed by atoms with Gasteiger partial charge >= 0.3 is 0 Å². The number of carbonyl (C=O) groups is 2. The molecule has 0 atom stereocenters. The molecule has 2 amide bonds. The molecule has 0 unspecified atom stereocenters. The van der Waals surface area contributed by atoms with Gasteiger partial charge in [0.05, 0.1) is 6.42 Å². The van der Waals surface area contributed by atoms with Crippen LogP contribution < -0.4 is 14.8 Å². The lowest BCUT2D eigenvalue weighted by Gasteiger charge is -2.30. The minimum Gasteiger partial charge on any atom is -0.454 e. The summed E-state index contributed by atoms with van der Waals surface area (Å²) in [5.41, 5.74) is 4.14. The maximum absolute atomic E-state index is 14.0. The molecule has 1 N–H and O–H groups in total. The molecule has 0 saturated carbocycles. The third kappa shape index (κ3) is 4.53. The number of hydrogen-bond acceptors (Lipinski definition) is 5. The number of halogens is 2. The highest BCUT2D eigenvalue weighted by molar-refractivity contribution is 5.95. The third-order valence-corrected chi connectivity index (χ3v) is 6.38. The average molecular weight is 479 g/mol. The maximum atomic E-state index is 14.0. The van der Waals surface area contributed by atoms with Crippen LogP contribution in [0.1, 0.15) is 38.3 Å². The van der Waals surface area contributed by atoms with Crippen molar-refractivity contribution in [1.29, 1.82) is 0 Å². The number of pyridine rings is 1. The van der Waals surface area contributed by atoms with Gasteiger partial charge in [0.25, 0.3) is 5.91 Å². The lowest BCUT2D eigenvalue weighted by molar-refractivity contribution is -0.131. The Hall–Kier alpha value is -4.01. The van der Waals surface area contributed by atoms with E-state index in [4.69, 9.17) is 9.47 Å². The number of amides is 2. The Morgan fingerprint density at radius 2 is 1.97 bits per heavy atom. The van der Waals surface area contributed by atoms with Crippen LogP contribution in [0.25, 0.3) is 0 Å². The van der Waals surface area contributed by atoms with Crippen LogP contribution in [0.4, 0.5) is 8.78 Å². The zero-order valence-electron chi connectivity index (χ0n) is 19.1. The standard InChI is InChI=1S/C26H23F2N3O4/c1-15-20(12-30-26(33)17-5-6-22-23(9-17)35-14-34-22)19-7-8-31(13-18(19)11-29-15)24(32)10-16-3-2-4-21(27)25(16)28/h2-6,9,11H,7-8,10,12-14H2,1H3,(H,30,33). The van der Waals surface area contributed by atoms with Crippen molar-refractivity contribution in [3.05, 3.63) is 87.7 Å². The summed E-state index contributed by atoms with van der Waals surface area (Å²) in [4.78, 5) is 31.6. The molecular formula is C26H23F2N3O4. The zero-order chi connectivity index (χ0) is 24.5. The molecule has 5 rings (SSSR count). The molecular weight excluding hydrogens is 456 g/mol. The van der Waals surface area contributed by atoms with E-state index >= 15 is 0 Å². The van der Waals surface area contributed by atoms with Gasteiger partial charge in [0.1, 0.15) is 0 Å². The fourth-order valence-corrected chi connectivity index (χ4v) is 4.44. The third-order valence-electron chi connectivity index (χ3n) is 6.38. The topological polar surface area (TPSA) is 80.8 Å². The number of aromatic nitrogens is 1. The Bertz CT molecular complexity index is 1330. The maximum Gasteiger partial charge on any atom is 0.251 e. The van der Waals surface area contributed by atoms with Crippen LogP contribution in [0, 0.1) is 18.6 Å². The molecule has 3 heterocycles. The number of benzene rings is 2. The van der Waals surface area contributed by atoms with Crippen LogP contribution in [-0.4, -0.2) is 35.0 Å². The molecule has 0 aliphatic carbocycles. The Morgan fingerprint density at radius 3 is 2.83 bits per heavy atom. The van der Waals surface area contributed by atoms with Gasteiger partial charge in [-0.25, -0.2) is 8.78 Å². The first-order valence-electron chi connectivity index (χ1n) is 11.3. The largest absolute Gasteiger partial charge is 0.454 e. The lowest BCUT2D eigenvalue weighted by Crippen LogP contribution is -2.38. The fourth-order valence-electron chi connectivity index (χ4n) is 4.44. The van der Waals surface area contributed by atoms with E-state index in [9.17, 15) is 18.4 Å². The van der Waals surface area contributed by atoms with Crippen molar-refractivity contribution in [2.24, 2.45) is 0 Å². The average Bonchev–Trinajstić information content (AvgIpc) is 3.33. The van der Waals surface area contributed by atoms with E-state index in [2.05, 4.69) is 10.3 Å².